The number of rotatable bonds is 2. The molecule has 0 spiro atoms. The second-order valence-electron chi connectivity index (χ2n) is 7.41. The van der Waals surface area contributed by atoms with Crippen molar-refractivity contribution in [2.75, 3.05) is 0 Å². The minimum Gasteiger partial charge on any atom is -0.284 e. The van der Waals surface area contributed by atoms with E-state index in [2.05, 4.69) is 89.2 Å². The van der Waals surface area contributed by atoms with E-state index in [4.69, 9.17) is 4.99 Å². The van der Waals surface area contributed by atoms with Gasteiger partial charge in [0.1, 0.15) is 0 Å². The zero-order valence-corrected chi connectivity index (χ0v) is 14.7. The summed E-state index contributed by atoms with van der Waals surface area (Å²) in [6.07, 6.45) is 2.31. The van der Waals surface area contributed by atoms with Crippen LogP contribution in [0.15, 0.2) is 59.1 Å². The van der Waals surface area contributed by atoms with E-state index in [1.165, 1.54) is 27.8 Å². The zero-order chi connectivity index (χ0) is 16.6. The molecule has 0 N–H and O–H groups in total. The summed E-state index contributed by atoms with van der Waals surface area (Å²) < 4.78 is 0. The number of hydrogen-bond acceptors (Lipinski definition) is 1. The van der Waals surface area contributed by atoms with Gasteiger partial charge >= 0.3 is 0 Å². The molecule has 0 amide bonds. The lowest BCUT2D eigenvalue weighted by molar-refractivity contribution is 0.583. The Bertz CT molecular complexity index is 788. The fourth-order valence-corrected chi connectivity index (χ4v) is 3.53. The van der Waals surface area contributed by atoms with Gasteiger partial charge in [-0.3, -0.25) is 4.99 Å². The number of hydrogen-bond donors (Lipinski definition) is 0. The van der Waals surface area contributed by atoms with Crippen molar-refractivity contribution in [1.82, 2.24) is 0 Å². The van der Waals surface area contributed by atoms with Gasteiger partial charge in [0.05, 0.1) is 5.54 Å². The second-order valence-corrected chi connectivity index (χ2v) is 7.41. The van der Waals surface area contributed by atoms with Gasteiger partial charge in [0, 0.05) is 11.6 Å². The summed E-state index contributed by atoms with van der Waals surface area (Å²) in [5.74, 6) is 0.340. The molecule has 2 aromatic rings. The molecule has 1 heteroatoms. The van der Waals surface area contributed by atoms with Crippen LogP contribution in [0.5, 0.6) is 0 Å². The zero-order valence-electron chi connectivity index (χ0n) is 14.7. The maximum atomic E-state index is 4.89. The third-order valence-corrected chi connectivity index (χ3v) is 4.31. The van der Waals surface area contributed by atoms with Crippen LogP contribution in [-0.4, -0.2) is 11.3 Å². The SMILES string of the molecule is CC1=Cc2ccccc2C1c1ccccc1C(C)=NC(C)(C)C. The lowest BCUT2D eigenvalue weighted by atomic mass is 9.85. The Hall–Kier alpha value is -2.15. The van der Waals surface area contributed by atoms with Gasteiger partial charge in [-0.15, -0.1) is 0 Å². The van der Waals surface area contributed by atoms with E-state index in [1.807, 2.05) is 0 Å². The molecule has 0 heterocycles. The fraction of sp³-hybridized carbons (Fsp3) is 0.318. The molecule has 1 unspecified atom stereocenters. The van der Waals surface area contributed by atoms with Crippen LogP contribution in [0.2, 0.25) is 0 Å². The lowest BCUT2D eigenvalue weighted by Crippen LogP contribution is -2.15. The third-order valence-electron chi connectivity index (χ3n) is 4.31. The highest BCUT2D eigenvalue weighted by atomic mass is 14.8. The number of allylic oxidation sites excluding steroid dienone is 1. The van der Waals surface area contributed by atoms with Crippen molar-refractivity contribution < 1.29 is 0 Å². The molecule has 3 rings (SSSR count). The Morgan fingerprint density at radius 1 is 0.913 bits per heavy atom. The number of fused-ring (bicyclic) bond motifs is 1. The summed E-state index contributed by atoms with van der Waals surface area (Å²) in [6.45, 7) is 10.8. The molecular formula is C22H25N. The van der Waals surface area contributed by atoms with Crippen molar-refractivity contribution in [3.05, 3.63) is 76.4 Å². The normalized spacial score (nSPS) is 17.9. The van der Waals surface area contributed by atoms with Crippen molar-refractivity contribution in [2.45, 2.75) is 46.1 Å². The van der Waals surface area contributed by atoms with Crippen molar-refractivity contribution in [3.63, 3.8) is 0 Å². The van der Waals surface area contributed by atoms with Crippen LogP contribution in [0.25, 0.3) is 6.08 Å². The second kappa shape index (κ2) is 5.81. The van der Waals surface area contributed by atoms with Gasteiger partial charge in [-0.25, -0.2) is 0 Å². The van der Waals surface area contributed by atoms with E-state index in [1.54, 1.807) is 0 Å². The molecule has 0 radical (unpaired) electrons. The topological polar surface area (TPSA) is 12.4 Å². The molecular weight excluding hydrogens is 278 g/mol. The molecule has 1 atom stereocenters. The first-order chi connectivity index (χ1) is 10.9. The first kappa shape index (κ1) is 15.7. The van der Waals surface area contributed by atoms with Crippen molar-refractivity contribution in [2.24, 2.45) is 4.99 Å². The van der Waals surface area contributed by atoms with Gasteiger partial charge in [0.2, 0.25) is 0 Å². The van der Waals surface area contributed by atoms with E-state index in [-0.39, 0.29) is 5.54 Å². The maximum absolute atomic E-state index is 4.89. The first-order valence-electron chi connectivity index (χ1n) is 8.30. The summed E-state index contributed by atoms with van der Waals surface area (Å²) >= 11 is 0. The molecule has 0 bridgehead atoms. The van der Waals surface area contributed by atoms with Crippen LogP contribution < -0.4 is 0 Å². The highest BCUT2D eigenvalue weighted by Crippen LogP contribution is 2.41. The highest BCUT2D eigenvalue weighted by Gasteiger charge is 2.26. The molecule has 0 aliphatic heterocycles. The van der Waals surface area contributed by atoms with Gasteiger partial charge in [-0.05, 0) is 56.9 Å². The van der Waals surface area contributed by atoms with Gasteiger partial charge in [-0.2, -0.15) is 0 Å². The van der Waals surface area contributed by atoms with Crippen LogP contribution in [-0.2, 0) is 0 Å². The minimum absolute atomic E-state index is 0.0599. The molecule has 2 aromatic carbocycles. The summed E-state index contributed by atoms with van der Waals surface area (Å²) in [5, 5.41) is 0. The van der Waals surface area contributed by atoms with E-state index < -0.39 is 0 Å². The average Bonchev–Trinajstić information content (AvgIpc) is 2.81. The van der Waals surface area contributed by atoms with E-state index in [9.17, 15) is 0 Å². The molecule has 23 heavy (non-hydrogen) atoms. The Labute approximate surface area is 139 Å². The van der Waals surface area contributed by atoms with Crippen molar-refractivity contribution in [1.29, 1.82) is 0 Å². The van der Waals surface area contributed by atoms with E-state index >= 15 is 0 Å². The van der Waals surface area contributed by atoms with Crippen LogP contribution in [0, 0.1) is 0 Å². The summed E-state index contributed by atoms with van der Waals surface area (Å²) in [7, 11) is 0. The molecule has 1 aliphatic rings. The molecule has 0 saturated carbocycles. The third kappa shape index (κ3) is 3.14. The smallest absolute Gasteiger partial charge is 0.0527 e. The molecule has 1 aliphatic carbocycles. The quantitative estimate of drug-likeness (QED) is 0.618. The number of aliphatic imine (C=N–C) groups is 1. The van der Waals surface area contributed by atoms with Gasteiger partial charge < -0.3 is 0 Å². The number of benzene rings is 2. The van der Waals surface area contributed by atoms with Crippen LogP contribution in [0.4, 0.5) is 0 Å². The predicted octanol–water partition coefficient (Wildman–Crippen LogP) is 5.84. The summed E-state index contributed by atoms with van der Waals surface area (Å²) in [6, 6.07) is 17.4. The lowest BCUT2D eigenvalue weighted by Gasteiger charge is -2.21. The van der Waals surface area contributed by atoms with Crippen LogP contribution in [0.3, 0.4) is 0 Å². The monoisotopic (exact) mass is 303 g/mol. The Morgan fingerprint density at radius 2 is 1.52 bits per heavy atom. The molecule has 0 aromatic heterocycles. The van der Waals surface area contributed by atoms with Gasteiger partial charge in [-0.1, -0.05) is 60.2 Å². The Balaban J connectivity index is 2.13. The minimum atomic E-state index is -0.0599. The molecule has 0 fully saturated rings. The molecule has 118 valence electrons. The van der Waals surface area contributed by atoms with E-state index in [0.29, 0.717) is 5.92 Å². The fourth-order valence-electron chi connectivity index (χ4n) is 3.53. The van der Waals surface area contributed by atoms with Crippen LogP contribution >= 0.6 is 0 Å². The molecule has 0 saturated heterocycles. The van der Waals surface area contributed by atoms with E-state index in [0.717, 1.165) is 5.71 Å². The number of nitrogens with zero attached hydrogens (tertiary/aromatic N) is 1. The summed E-state index contributed by atoms with van der Waals surface area (Å²) in [4.78, 5) is 4.89. The van der Waals surface area contributed by atoms with Crippen LogP contribution in [0.1, 0.15) is 62.8 Å². The summed E-state index contributed by atoms with van der Waals surface area (Å²) in [5.41, 5.74) is 7.83. The molecule has 1 nitrogen and oxygen atoms in total. The predicted molar refractivity (Wildman–Crippen MR) is 100 cm³/mol. The van der Waals surface area contributed by atoms with Gasteiger partial charge in [0.25, 0.3) is 0 Å². The van der Waals surface area contributed by atoms with Crippen molar-refractivity contribution in [3.8, 4) is 0 Å². The van der Waals surface area contributed by atoms with Crippen molar-refractivity contribution >= 4 is 11.8 Å². The Morgan fingerprint density at radius 3 is 2.22 bits per heavy atom. The first-order valence-corrected chi connectivity index (χ1v) is 8.30. The average molecular weight is 303 g/mol. The standard InChI is InChI=1S/C22H25N/c1-15-14-17-10-6-7-12-19(17)21(15)20-13-9-8-11-18(20)16(2)23-22(3,4)5/h6-14,21H,1-5H3. The highest BCUT2D eigenvalue weighted by molar-refractivity contribution is 6.01. The largest absolute Gasteiger partial charge is 0.284 e. The maximum Gasteiger partial charge on any atom is 0.0527 e. The Kier molecular flexibility index (Phi) is 3.97. The van der Waals surface area contributed by atoms with Gasteiger partial charge in [0.15, 0.2) is 0 Å².